The van der Waals surface area contributed by atoms with E-state index in [-0.39, 0.29) is 11.3 Å². The van der Waals surface area contributed by atoms with Crippen molar-refractivity contribution in [2.45, 2.75) is 13.0 Å². The second-order valence-electron chi connectivity index (χ2n) is 9.26. The number of ether oxygens (including phenoxy) is 4. The molecule has 1 atom stereocenters. The predicted molar refractivity (Wildman–Crippen MR) is 155 cm³/mol. The molecule has 1 amide bonds. The second kappa shape index (κ2) is 11.0. The van der Waals surface area contributed by atoms with E-state index >= 15 is 0 Å². The van der Waals surface area contributed by atoms with E-state index in [1.165, 1.54) is 16.2 Å². The van der Waals surface area contributed by atoms with Crippen molar-refractivity contribution in [1.82, 2.24) is 4.98 Å². The number of ketones is 1. The molecule has 10 heteroatoms. The zero-order chi connectivity index (χ0) is 28.5. The van der Waals surface area contributed by atoms with E-state index in [2.05, 4.69) is 11.6 Å². The number of amides is 1. The van der Waals surface area contributed by atoms with E-state index in [4.69, 9.17) is 18.9 Å². The third-order valence-electron chi connectivity index (χ3n) is 6.69. The Hall–Kier alpha value is -4.83. The Kier molecular flexibility index (Phi) is 7.07. The molecule has 6 rings (SSSR count). The lowest BCUT2D eigenvalue weighted by atomic mass is 9.95. The molecular formula is C31H26N2O7S. The van der Waals surface area contributed by atoms with E-state index in [1.807, 2.05) is 25.1 Å². The van der Waals surface area contributed by atoms with Crippen LogP contribution in [0.5, 0.6) is 23.0 Å². The van der Waals surface area contributed by atoms with E-state index in [0.29, 0.717) is 71.2 Å². The summed E-state index contributed by atoms with van der Waals surface area (Å²) < 4.78 is 23.3. The zero-order valence-electron chi connectivity index (χ0n) is 22.2. The molecule has 208 valence electrons. The average molecular weight is 571 g/mol. The molecule has 1 fully saturated rings. The molecule has 3 heterocycles. The van der Waals surface area contributed by atoms with Gasteiger partial charge >= 0.3 is 5.91 Å². The Morgan fingerprint density at radius 3 is 2.56 bits per heavy atom. The number of hydrogen-bond acceptors (Lipinski definition) is 9. The van der Waals surface area contributed by atoms with Crippen molar-refractivity contribution >= 4 is 44.1 Å². The van der Waals surface area contributed by atoms with Gasteiger partial charge in [-0.05, 0) is 61.0 Å². The molecule has 0 bridgehead atoms. The van der Waals surface area contributed by atoms with Gasteiger partial charge in [0.15, 0.2) is 16.6 Å². The monoisotopic (exact) mass is 570 g/mol. The number of nitrogens with zero attached hydrogens (tertiary/aromatic N) is 2. The molecule has 3 aromatic carbocycles. The number of thiazole rings is 1. The fourth-order valence-corrected chi connectivity index (χ4v) is 5.87. The maximum Gasteiger partial charge on any atom is 0.301 e. The lowest BCUT2D eigenvalue weighted by Gasteiger charge is -2.23. The third-order valence-corrected chi connectivity index (χ3v) is 7.71. The van der Waals surface area contributed by atoms with Gasteiger partial charge in [-0.2, -0.15) is 0 Å². The summed E-state index contributed by atoms with van der Waals surface area (Å²) in [6, 6.07) is 16.5. The van der Waals surface area contributed by atoms with Gasteiger partial charge in [0, 0.05) is 5.56 Å². The molecule has 1 N–H and O–H groups in total. The standard InChI is InChI=1S/C31H26N2O7S/c1-3-13-38-20-8-5-18(6-9-20)27-26(28(34)19-7-12-23-24(16-19)40-15-14-39-23)29(35)30(36)33(27)31-32-22-11-10-21(37-4-2)17-25(22)41-31/h3,5-12,16-17,27,34H,1,4,13-15H2,2H3/b28-26-. The van der Waals surface area contributed by atoms with Gasteiger partial charge in [0.2, 0.25) is 0 Å². The van der Waals surface area contributed by atoms with Crippen LogP contribution in [0.25, 0.3) is 16.0 Å². The van der Waals surface area contributed by atoms with Crippen LogP contribution in [0.3, 0.4) is 0 Å². The predicted octanol–water partition coefficient (Wildman–Crippen LogP) is 5.66. The Balaban J connectivity index is 1.48. The van der Waals surface area contributed by atoms with Crippen molar-refractivity contribution in [2.75, 3.05) is 31.3 Å². The number of fused-ring (bicyclic) bond motifs is 2. The summed E-state index contributed by atoms with van der Waals surface area (Å²) in [7, 11) is 0. The summed E-state index contributed by atoms with van der Waals surface area (Å²) in [5.74, 6) is 0.351. The first kappa shape index (κ1) is 26.4. The summed E-state index contributed by atoms with van der Waals surface area (Å²) in [5.41, 5.74) is 1.53. The maximum absolute atomic E-state index is 13.6. The van der Waals surface area contributed by atoms with Crippen molar-refractivity contribution < 1.29 is 33.6 Å². The van der Waals surface area contributed by atoms with Crippen LogP contribution in [0.1, 0.15) is 24.1 Å². The van der Waals surface area contributed by atoms with Gasteiger partial charge in [0.05, 0.1) is 28.4 Å². The molecule has 2 aliphatic rings. The van der Waals surface area contributed by atoms with Crippen LogP contribution in [0.4, 0.5) is 5.13 Å². The highest BCUT2D eigenvalue weighted by atomic mass is 32.1. The first-order chi connectivity index (χ1) is 20.0. The number of anilines is 1. The van der Waals surface area contributed by atoms with Gasteiger partial charge in [-0.25, -0.2) is 4.98 Å². The van der Waals surface area contributed by atoms with Gasteiger partial charge in [-0.15, -0.1) is 0 Å². The molecule has 0 spiro atoms. The number of rotatable bonds is 8. The Bertz CT molecular complexity index is 1690. The van der Waals surface area contributed by atoms with E-state index < -0.39 is 17.7 Å². The van der Waals surface area contributed by atoms with Crippen LogP contribution in [-0.2, 0) is 9.59 Å². The summed E-state index contributed by atoms with van der Waals surface area (Å²) in [4.78, 5) is 33.2. The van der Waals surface area contributed by atoms with E-state index in [1.54, 1.807) is 48.5 Å². The maximum atomic E-state index is 13.6. The number of aliphatic hydroxyl groups excluding tert-OH is 1. The van der Waals surface area contributed by atoms with E-state index in [9.17, 15) is 14.7 Å². The van der Waals surface area contributed by atoms with Crippen molar-refractivity contribution in [3.8, 4) is 23.0 Å². The lowest BCUT2D eigenvalue weighted by Crippen LogP contribution is -2.29. The number of aromatic nitrogens is 1. The van der Waals surface area contributed by atoms with Crippen molar-refractivity contribution in [2.24, 2.45) is 0 Å². The first-order valence-electron chi connectivity index (χ1n) is 13.1. The van der Waals surface area contributed by atoms with Crippen molar-refractivity contribution in [1.29, 1.82) is 0 Å². The van der Waals surface area contributed by atoms with Gasteiger partial charge in [0.1, 0.15) is 37.1 Å². The largest absolute Gasteiger partial charge is 0.507 e. The summed E-state index contributed by atoms with van der Waals surface area (Å²) >= 11 is 1.27. The lowest BCUT2D eigenvalue weighted by molar-refractivity contribution is -0.132. The molecule has 1 aromatic heterocycles. The zero-order valence-corrected chi connectivity index (χ0v) is 23.0. The molecule has 2 aliphatic heterocycles. The third kappa shape index (κ3) is 4.87. The molecule has 41 heavy (non-hydrogen) atoms. The van der Waals surface area contributed by atoms with Gasteiger partial charge in [0.25, 0.3) is 5.78 Å². The molecule has 4 aromatic rings. The number of carbonyl (C=O) groups is 2. The smallest absolute Gasteiger partial charge is 0.301 e. The number of aliphatic hydroxyl groups is 1. The Morgan fingerprint density at radius 2 is 1.80 bits per heavy atom. The van der Waals surface area contributed by atoms with Crippen LogP contribution in [-0.4, -0.2) is 48.2 Å². The van der Waals surface area contributed by atoms with Crippen molar-refractivity contribution in [3.05, 3.63) is 90.0 Å². The van der Waals surface area contributed by atoms with Crippen LogP contribution in [0, 0.1) is 0 Å². The van der Waals surface area contributed by atoms with Gasteiger partial charge in [-0.3, -0.25) is 14.5 Å². The van der Waals surface area contributed by atoms with Gasteiger partial charge < -0.3 is 24.1 Å². The molecule has 0 radical (unpaired) electrons. The Morgan fingerprint density at radius 1 is 1.05 bits per heavy atom. The minimum Gasteiger partial charge on any atom is -0.507 e. The molecule has 0 saturated carbocycles. The highest BCUT2D eigenvalue weighted by molar-refractivity contribution is 7.22. The summed E-state index contributed by atoms with van der Waals surface area (Å²) in [5, 5.41) is 11.9. The van der Waals surface area contributed by atoms with Crippen molar-refractivity contribution in [3.63, 3.8) is 0 Å². The molecule has 1 unspecified atom stereocenters. The highest BCUT2D eigenvalue weighted by Gasteiger charge is 2.48. The molecule has 9 nitrogen and oxygen atoms in total. The fraction of sp³-hybridized carbons (Fsp3) is 0.194. The first-order valence-corrected chi connectivity index (χ1v) is 13.9. The van der Waals surface area contributed by atoms with Crippen LogP contribution in [0.15, 0.2) is 78.9 Å². The quantitative estimate of drug-likeness (QED) is 0.125. The summed E-state index contributed by atoms with van der Waals surface area (Å²) in [6.07, 6.45) is 1.64. The number of hydrogen-bond donors (Lipinski definition) is 1. The minimum absolute atomic E-state index is 0.0549. The second-order valence-corrected chi connectivity index (χ2v) is 10.3. The topological polar surface area (TPSA) is 107 Å². The highest BCUT2D eigenvalue weighted by Crippen LogP contribution is 2.45. The Labute approximate surface area is 239 Å². The molecule has 1 saturated heterocycles. The number of carbonyl (C=O) groups excluding carboxylic acids is 2. The normalized spacial score (nSPS) is 17.6. The fourth-order valence-electron chi connectivity index (χ4n) is 4.85. The SMILES string of the molecule is C=CCOc1ccc(C2/C(=C(/O)c3ccc4c(c3)OCCO4)C(=O)C(=O)N2c2nc3ccc(OCC)cc3s2)cc1. The average Bonchev–Trinajstić information content (AvgIpc) is 3.53. The van der Waals surface area contributed by atoms with Crippen LogP contribution < -0.4 is 23.8 Å². The molecular weight excluding hydrogens is 544 g/mol. The van der Waals surface area contributed by atoms with Gasteiger partial charge in [-0.1, -0.05) is 36.1 Å². The number of Topliss-reactive ketones (excluding diaryl/α,β-unsaturated/α-hetero) is 1. The molecule has 0 aliphatic carbocycles. The number of benzene rings is 3. The minimum atomic E-state index is -0.941. The van der Waals surface area contributed by atoms with Crippen LogP contribution in [0.2, 0.25) is 0 Å². The summed E-state index contributed by atoms with van der Waals surface area (Å²) in [6.45, 7) is 7.19. The van der Waals surface area contributed by atoms with Crippen LogP contribution >= 0.6 is 11.3 Å². The van der Waals surface area contributed by atoms with E-state index in [0.717, 1.165) is 4.70 Å².